The van der Waals surface area contributed by atoms with E-state index >= 15 is 0 Å². The molecule has 0 unspecified atom stereocenters. The zero-order valence-electron chi connectivity index (χ0n) is 10.7. The summed E-state index contributed by atoms with van der Waals surface area (Å²) < 4.78 is 1.97. The van der Waals surface area contributed by atoms with Gasteiger partial charge in [0.25, 0.3) is 0 Å². The van der Waals surface area contributed by atoms with Crippen molar-refractivity contribution in [3.63, 3.8) is 0 Å². The Morgan fingerprint density at radius 3 is 2.69 bits per heavy atom. The van der Waals surface area contributed by atoms with Gasteiger partial charge >= 0.3 is 0 Å². The van der Waals surface area contributed by atoms with Crippen LogP contribution in [0.3, 0.4) is 0 Å². The highest BCUT2D eigenvalue weighted by Gasteiger charge is 2.34. The number of nitrogens with zero attached hydrogens (tertiary/aromatic N) is 2. The van der Waals surface area contributed by atoms with Gasteiger partial charge in [0.05, 0.1) is 11.4 Å². The Bertz CT molecular complexity index is 345. The Kier molecular flexibility index (Phi) is 3.33. The van der Waals surface area contributed by atoms with Gasteiger partial charge in [-0.15, -0.1) is 0 Å². The molecule has 90 valence electrons. The van der Waals surface area contributed by atoms with Crippen molar-refractivity contribution in [3.05, 3.63) is 17.5 Å². The van der Waals surface area contributed by atoms with Crippen LogP contribution < -0.4 is 5.32 Å². The van der Waals surface area contributed by atoms with E-state index in [4.69, 9.17) is 0 Å². The predicted molar refractivity (Wildman–Crippen MR) is 66.2 cm³/mol. The van der Waals surface area contributed by atoms with Crippen LogP contribution in [0.25, 0.3) is 0 Å². The summed E-state index contributed by atoms with van der Waals surface area (Å²) in [6.07, 6.45) is 5.53. The molecule has 3 nitrogen and oxygen atoms in total. The fourth-order valence-electron chi connectivity index (χ4n) is 2.62. The van der Waals surface area contributed by atoms with Gasteiger partial charge in [0.1, 0.15) is 0 Å². The maximum Gasteiger partial charge on any atom is 0.0597 e. The van der Waals surface area contributed by atoms with E-state index in [-0.39, 0.29) is 0 Å². The summed E-state index contributed by atoms with van der Waals surface area (Å²) in [5, 5.41) is 7.95. The monoisotopic (exact) mass is 221 g/mol. The number of aromatic nitrogens is 2. The third kappa shape index (κ3) is 2.29. The molecule has 1 heterocycles. The summed E-state index contributed by atoms with van der Waals surface area (Å²) >= 11 is 0. The van der Waals surface area contributed by atoms with Crippen molar-refractivity contribution in [2.75, 3.05) is 6.54 Å². The molecule has 2 rings (SSSR count). The topological polar surface area (TPSA) is 29.9 Å². The van der Waals surface area contributed by atoms with E-state index in [0.29, 0.717) is 5.41 Å². The van der Waals surface area contributed by atoms with Crippen molar-refractivity contribution in [2.24, 2.45) is 12.5 Å². The largest absolute Gasteiger partial charge is 0.311 e. The van der Waals surface area contributed by atoms with Crippen LogP contribution in [-0.4, -0.2) is 16.3 Å². The molecular formula is C13H23N3. The van der Waals surface area contributed by atoms with Gasteiger partial charge in [-0.2, -0.15) is 5.10 Å². The normalized spacial score (nSPS) is 18.4. The first-order chi connectivity index (χ1) is 7.65. The SMILES string of the molecule is CCC1(CNCc2cc(C)nn2C)CCC1. The zero-order valence-corrected chi connectivity index (χ0v) is 10.7. The van der Waals surface area contributed by atoms with Crippen LogP contribution >= 0.6 is 0 Å². The fourth-order valence-corrected chi connectivity index (χ4v) is 2.62. The van der Waals surface area contributed by atoms with Crippen LogP contribution in [0.15, 0.2) is 6.07 Å². The smallest absolute Gasteiger partial charge is 0.0597 e. The second-order valence-corrected chi connectivity index (χ2v) is 5.21. The molecule has 0 aromatic carbocycles. The summed E-state index contributed by atoms with van der Waals surface area (Å²) in [7, 11) is 2.02. The Morgan fingerprint density at radius 2 is 2.25 bits per heavy atom. The molecule has 0 amide bonds. The van der Waals surface area contributed by atoms with Gasteiger partial charge in [0, 0.05) is 20.1 Å². The van der Waals surface area contributed by atoms with Crippen molar-refractivity contribution < 1.29 is 0 Å². The number of hydrogen-bond donors (Lipinski definition) is 1. The van der Waals surface area contributed by atoms with Crippen molar-refractivity contribution in [2.45, 2.75) is 46.1 Å². The number of aryl methyl sites for hydroxylation is 2. The summed E-state index contributed by atoms with van der Waals surface area (Å²) in [6.45, 7) is 6.46. The quantitative estimate of drug-likeness (QED) is 0.827. The lowest BCUT2D eigenvalue weighted by molar-refractivity contribution is 0.123. The first-order valence-electron chi connectivity index (χ1n) is 6.35. The molecule has 0 bridgehead atoms. The lowest BCUT2D eigenvalue weighted by atomic mass is 9.67. The fraction of sp³-hybridized carbons (Fsp3) is 0.769. The second kappa shape index (κ2) is 4.58. The summed E-state index contributed by atoms with van der Waals surface area (Å²) in [6, 6.07) is 2.16. The van der Waals surface area contributed by atoms with Gasteiger partial charge in [-0.3, -0.25) is 4.68 Å². The van der Waals surface area contributed by atoms with Gasteiger partial charge in [0.15, 0.2) is 0 Å². The maximum atomic E-state index is 4.36. The molecule has 0 spiro atoms. The Labute approximate surface area is 98.2 Å². The van der Waals surface area contributed by atoms with E-state index in [2.05, 4.69) is 23.4 Å². The van der Waals surface area contributed by atoms with Crippen LogP contribution in [0.1, 0.15) is 44.0 Å². The molecule has 1 N–H and O–H groups in total. The minimum absolute atomic E-state index is 0.605. The molecule has 16 heavy (non-hydrogen) atoms. The van der Waals surface area contributed by atoms with Gasteiger partial charge in [-0.1, -0.05) is 13.3 Å². The Morgan fingerprint density at radius 1 is 1.50 bits per heavy atom. The molecule has 0 aliphatic heterocycles. The van der Waals surface area contributed by atoms with E-state index in [1.54, 1.807) is 0 Å². The number of hydrogen-bond acceptors (Lipinski definition) is 2. The first kappa shape index (κ1) is 11.6. The molecule has 0 radical (unpaired) electrons. The lowest BCUT2D eigenvalue weighted by Gasteiger charge is -2.41. The minimum atomic E-state index is 0.605. The molecule has 1 aromatic rings. The molecule has 1 fully saturated rings. The van der Waals surface area contributed by atoms with E-state index in [0.717, 1.165) is 18.8 Å². The van der Waals surface area contributed by atoms with E-state index in [9.17, 15) is 0 Å². The highest BCUT2D eigenvalue weighted by atomic mass is 15.3. The van der Waals surface area contributed by atoms with E-state index in [1.807, 2.05) is 18.7 Å². The molecule has 1 aliphatic rings. The van der Waals surface area contributed by atoms with E-state index in [1.165, 1.54) is 31.4 Å². The molecule has 0 saturated heterocycles. The third-order valence-corrected chi connectivity index (χ3v) is 4.07. The van der Waals surface area contributed by atoms with Crippen molar-refractivity contribution >= 4 is 0 Å². The second-order valence-electron chi connectivity index (χ2n) is 5.21. The van der Waals surface area contributed by atoms with Crippen molar-refractivity contribution in [1.29, 1.82) is 0 Å². The van der Waals surface area contributed by atoms with Crippen LogP contribution in [0.5, 0.6) is 0 Å². The molecule has 1 aliphatic carbocycles. The Balaban J connectivity index is 1.81. The molecule has 3 heteroatoms. The highest BCUT2D eigenvalue weighted by molar-refractivity contribution is 5.08. The van der Waals surface area contributed by atoms with Crippen molar-refractivity contribution in [1.82, 2.24) is 15.1 Å². The van der Waals surface area contributed by atoms with Crippen LogP contribution in [0.4, 0.5) is 0 Å². The number of nitrogens with one attached hydrogen (secondary N) is 1. The molecular weight excluding hydrogens is 198 g/mol. The van der Waals surface area contributed by atoms with Crippen LogP contribution in [-0.2, 0) is 13.6 Å². The zero-order chi connectivity index (χ0) is 11.6. The van der Waals surface area contributed by atoms with Gasteiger partial charge in [0.2, 0.25) is 0 Å². The predicted octanol–water partition coefficient (Wildman–Crippen LogP) is 2.40. The van der Waals surface area contributed by atoms with Gasteiger partial charge in [-0.05, 0) is 37.7 Å². The summed E-state index contributed by atoms with van der Waals surface area (Å²) in [4.78, 5) is 0. The highest BCUT2D eigenvalue weighted by Crippen LogP contribution is 2.43. The Hall–Kier alpha value is -0.830. The average Bonchev–Trinajstić information content (AvgIpc) is 2.50. The average molecular weight is 221 g/mol. The maximum absolute atomic E-state index is 4.36. The van der Waals surface area contributed by atoms with Crippen molar-refractivity contribution in [3.8, 4) is 0 Å². The van der Waals surface area contributed by atoms with E-state index < -0.39 is 0 Å². The van der Waals surface area contributed by atoms with Gasteiger partial charge in [-0.25, -0.2) is 0 Å². The van der Waals surface area contributed by atoms with Crippen LogP contribution in [0.2, 0.25) is 0 Å². The first-order valence-corrected chi connectivity index (χ1v) is 6.35. The third-order valence-electron chi connectivity index (χ3n) is 4.07. The van der Waals surface area contributed by atoms with Crippen LogP contribution in [0, 0.1) is 12.3 Å². The molecule has 1 saturated carbocycles. The number of rotatable bonds is 5. The summed E-state index contributed by atoms with van der Waals surface area (Å²) in [5.74, 6) is 0. The minimum Gasteiger partial charge on any atom is -0.311 e. The standard InChI is InChI=1S/C13H23N3/c1-4-13(6-5-7-13)10-14-9-12-8-11(2)15-16(12)3/h8,14H,4-7,9-10H2,1-3H3. The lowest BCUT2D eigenvalue weighted by Crippen LogP contribution is -2.39. The molecule has 1 aromatic heterocycles. The summed E-state index contributed by atoms with van der Waals surface area (Å²) in [5.41, 5.74) is 2.99. The molecule has 0 atom stereocenters. The van der Waals surface area contributed by atoms with Gasteiger partial charge < -0.3 is 5.32 Å².